The van der Waals surface area contributed by atoms with Crippen LogP contribution in [0.15, 0.2) is 48.5 Å². The summed E-state index contributed by atoms with van der Waals surface area (Å²) in [5.74, 6) is -0.223. The fourth-order valence-corrected chi connectivity index (χ4v) is 2.18. The van der Waals surface area contributed by atoms with Crippen LogP contribution >= 0.6 is 0 Å². The number of rotatable bonds is 9. The summed E-state index contributed by atoms with van der Waals surface area (Å²) in [4.78, 5) is 24.7. The maximum Gasteiger partial charge on any atom is 0.341 e. The maximum atomic E-state index is 12.7. The first-order valence-corrected chi connectivity index (χ1v) is 7.96. The smallest absolute Gasteiger partial charge is 0.341 e. The Morgan fingerprint density at radius 2 is 1.73 bits per heavy atom. The number of hydrogen-bond donors (Lipinski definition) is 1. The number of ether oxygens (including phenoxy) is 3. The van der Waals surface area contributed by atoms with E-state index in [1.54, 1.807) is 62.7 Å². The monoisotopic (exact) mass is 359 g/mol. The molecule has 0 aliphatic carbocycles. The van der Waals surface area contributed by atoms with Gasteiger partial charge in [0.2, 0.25) is 0 Å². The zero-order chi connectivity index (χ0) is 18.9. The van der Waals surface area contributed by atoms with Crippen LogP contribution in [0.2, 0.25) is 0 Å². The topological polar surface area (TPSA) is 85.3 Å². The minimum atomic E-state index is -1.05. The minimum absolute atomic E-state index is 0.193. The minimum Gasteiger partial charge on any atom is -0.491 e. The van der Waals surface area contributed by atoms with E-state index >= 15 is 0 Å². The molecule has 2 rings (SSSR count). The molecular formula is C19H21NO6. The lowest BCUT2D eigenvalue weighted by atomic mass is 10.1. The number of aliphatic carboxylic acids is 1. The summed E-state index contributed by atoms with van der Waals surface area (Å²) in [5, 5.41) is 8.61. The molecule has 0 atom stereocenters. The van der Waals surface area contributed by atoms with E-state index in [-0.39, 0.29) is 5.91 Å². The third-order valence-corrected chi connectivity index (χ3v) is 3.53. The van der Waals surface area contributed by atoms with Gasteiger partial charge in [0, 0.05) is 25.4 Å². The second-order valence-electron chi connectivity index (χ2n) is 5.41. The lowest BCUT2D eigenvalue weighted by molar-refractivity contribution is -0.139. The first-order chi connectivity index (χ1) is 12.5. The van der Waals surface area contributed by atoms with E-state index < -0.39 is 12.6 Å². The Hall–Kier alpha value is -3.06. The molecule has 0 heterocycles. The van der Waals surface area contributed by atoms with E-state index in [9.17, 15) is 9.59 Å². The average molecular weight is 359 g/mol. The SMILES string of the molecule is COCCOc1cccc(C(=O)N(C)c2ccc(OCC(=O)O)cc2)c1. The number of carboxylic acids is 1. The zero-order valence-electron chi connectivity index (χ0n) is 14.7. The Morgan fingerprint density at radius 1 is 1.00 bits per heavy atom. The summed E-state index contributed by atoms with van der Waals surface area (Å²) in [6, 6.07) is 13.5. The van der Waals surface area contributed by atoms with E-state index in [4.69, 9.17) is 19.3 Å². The quantitative estimate of drug-likeness (QED) is 0.692. The summed E-state index contributed by atoms with van der Waals surface area (Å²) in [5.41, 5.74) is 1.15. The van der Waals surface area contributed by atoms with Crippen LogP contribution in [0.5, 0.6) is 11.5 Å². The highest BCUT2D eigenvalue weighted by Crippen LogP contribution is 2.21. The number of nitrogens with zero attached hydrogens (tertiary/aromatic N) is 1. The van der Waals surface area contributed by atoms with Crippen LogP contribution in [0.1, 0.15) is 10.4 Å². The van der Waals surface area contributed by atoms with Crippen LogP contribution in [0.4, 0.5) is 5.69 Å². The molecule has 0 aromatic heterocycles. The van der Waals surface area contributed by atoms with Gasteiger partial charge in [0.15, 0.2) is 6.61 Å². The van der Waals surface area contributed by atoms with Gasteiger partial charge in [0.1, 0.15) is 18.1 Å². The van der Waals surface area contributed by atoms with Crippen molar-refractivity contribution in [1.82, 2.24) is 0 Å². The number of carbonyl (C=O) groups excluding carboxylic acids is 1. The molecule has 0 saturated heterocycles. The fraction of sp³-hybridized carbons (Fsp3) is 0.263. The predicted octanol–water partition coefficient (Wildman–Crippen LogP) is 2.45. The fourth-order valence-electron chi connectivity index (χ4n) is 2.18. The summed E-state index contributed by atoms with van der Waals surface area (Å²) in [7, 11) is 3.25. The second kappa shape index (κ2) is 9.43. The number of amides is 1. The molecule has 0 fully saturated rings. The Kier molecular flexibility index (Phi) is 6.99. The summed E-state index contributed by atoms with van der Waals surface area (Å²) >= 11 is 0. The second-order valence-corrected chi connectivity index (χ2v) is 5.41. The molecule has 0 aliphatic rings. The molecule has 0 spiro atoms. The van der Waals surface area contributed by atoms with Gasteiger partial charge >= 0.3 is 5.97 Å². The Labute approximate surface area is 151 Å². The van der Waals surface area contributed by atoms with Crippen molar-refractivity contribution in [1.29, 1.82) is 0 Å². The molecule has 0 unspecified atom stereocenters. The highest BCUT2D eigenvalue weighted by atomic mass is 16.5. The molecule has 2 aromatic rings. The first-order valence-electron chi connectivity index (χ1n) is 7.96. The molecule has 138 valence electrons. The molecule has 7 nitrogen and oxygen atoms in total. The lowest BCUT2D eigenvalue weighted by Crippen LogP contribution is -2.26. The van der Waals surface area contributed by atoms with Crippen LogP contribution in [-0.4, -0.2) is 51.0 Å². The van der Waals surface area contributed by atoms with Gasteiger partial charge in [0.05, 0.1) is 6.61 Å². The van der Waals surface area contributed by atoms with Gasteiger partial charge in [-0.15, -0.1) is 0 Å². The summed E-state index contributed by atoms with van der Waals surface area (Å²) in [6.07, 6.45) is 0. The van der Waals surface area contributed by atoms with Crippen molar-refractivity contribution in [2.24, 2.45) is 0 Å². The number of carboxylic acid groups (broad SMARTS) is 1. The van der Waals surface area contributed by atoms with E-state index in [0.29, 0.717) is 36.0 Å². The Balaban J connectivity index is 2.04. The van der Waals surface area contributed by atoms with E-state index in [2.05, 4.69) is 0 Å². The van der Waals surface area contributed by atoms with Crippen LogP contribution in [0, 0.1) is 0 Å². The highest BCUT2D eigenvalue weighted by Gasteiger charge is 2.14. The Bertz CT molecular complexity index is 744. The van der Waals surface area contributed by atoms with Crippen molar-refractivity contribution in [2.45, 2.75) is 0 Å². The van der Waals surface area contributed by atoms with E-state index in [0.717, 1.165) is 0 Å². The van der Waals surface area contributed by atoms with Gasteiger partial charge < -0.3 is 24.2 Å². The van der Waals surface area contributed by atoms with Gasteiger partial charge in [-0.2, -0.15) is 0 Å². The molecule has 0 saturated carbocycles. The molecule has 26 heavy (non-hydrogen) atoms. The standard InChI is InChI=1S/C19H21NO6/c1-20(15-6-8-16(9-7-15)26-13-18(21)22)19(23)14-4-3-5-17(12-14)25-11-10-24-2/h3-9,12H,10-11,13H2,1-2H3,(H,21,22). The highest BCUT2D eigenvalue weighted by molar-refractivity contribution is 6.05. The molecule has 0 radical (unpaired) electrons. The molecule has 0 aliphatic heterocycles. The molecule has 0 bridgehead atoms. The normalized spacial score (nSPS) is 10.2. The van der Waals surface area contributed by atoms with Crippen molar-refractivity contribution < 1.29 is 28.9 Å². The third-order valence-electron chi connectivity index (χ3n) is 3.53. The van der Waals surface area contributed by atoms with Gasteiger partial charge in [-0.3, -0.25) is 4.79 Å². The first kappa shape index (κ1) is 19.3. The molecule has 1 amide bonds. The molecular weight excluding hydrogens is 338 g/mol. The van der Waals surface area contributed by atoms with Crippen molar-refractivity contribution in [2.75, 3.05) is 38.9 Å². The predicted molar refractivity (Wildman–Crippen MR) is 96.1 cm³/mol. The third kappa shape index (κ3) is 5.49. The maximum absolute atomic E-state index is 12.7. The van der Waals surface area contributed by atoms with E-state index in [1.165, 1.54) is 4.90 Å². The van der Waals surface area contributed by atoms with E-state index in [1.807, 2.05) is 0 Å². The number of carbonyl (C=O) groups is 2. The number of methoxy groups -OCH3 is 1. The van der Waals surface area contributed by atoms with Crippen LogP contribution in [-0.2, 0) is 9.53 Å². The summed E-state index contributed by atoms with van der Waals surface area (Å²) in [6.45, 7) is 0.458. The summed E-state index contributed by atoms with van der Waals surface area (Å²) < 4.78 is 15.5. The van der Waals surface area contributed by atoms with Gasteiger partial charge in [-0.1, -0.05) is 6.07 Å². The van der Waals surface area contributed by atoms with Crippen molar-refractivity contribution >= 4 is 17.6 Å². The number of hydrogen-bond acceptors (Lipinski definition) is 5. The number of benzene rings is 2. The van der Waals surface area contributed by atoms with Crippen LogP contribution in [0.3, 0.4) is 0 Å². The molecule has 7 heteroatoms. The largest absolute Gasteiger partial charge is 0.491 e. The average Bonchev–Trinajstić information content (AvgIpc) is 2.66. The van der Waals surface area contributed by atoms with Gasteiger partial charge in [-0.05, 0) is 42.5 Å². The van der Waals surface area contributed by atoms with Crippen LogP contribution in [0.25, 0.3) is 0 Å². The van der Waals surface area contributed by atoms with Crippen molar-refractivity contribution in [3.63, 3.8) is 0 Å². The number of anilines is 1. The van der Waals surface area contributed by atoms with Crippen molar-refractivity contribution in [3.8, 4) is 11.5 Å². The molecule has 2 aromatic carbocycles. The van der Waals surface area contributed by atoms with Crippen molar-refractivity contribution in [3.05, 3.63) is 54.1 Å². The lowest BCUT2D eigenvalue weighted by Gasteiger charge is -2.18. The van der Waals surface area contributed by atoms with Crippen LogP contribution < -0.4 is 14.4 Å². The van der Waals surface area contributed by atoms with Gasteiger partial charge in [-0.25, -0.2) is 4.79 Å². The Morgan fingerprint density at radius 3 is 2.38 bits per heavy atom. The molecule has 1 N–H and O–H groups in total. The zero-order valence-corrected chi connectivity index (χ0v) is 14.7. The van der Waals surface area contributed by atoms with Gasteiger partial charge in [0.25, 0.3) is 5.91 Å².